The molecule has 2 unspecified atom stereocenters. The summed E-state index contributed by atoms with van der Waals surface area (Å²) in [4.78, 5) is 26.4. The molecule has 1 aromatic heterocycles. The van der Waals surface area contributed by atoms with Gasteiger partial charge >= 0.3 is 0 Å². The number of rotatable bonds is 5. The number of fused-ring (bicyclic) bond motifs is 1. The maximum absolute atomic E-state index is 12.2. The molecule has 2 atom stereocenters. The van der Waals surface area contributed by atoms with Crippen molar-refractivity contribution in [2.75, 3.05) is 13.1 Å². The van der Waals surface area contributed by atoms with Crippen LogP contribution >= 0.6 is 23.7 Å². The highest BCUT2D eigenvalue weighted by atomic mass is 35.5. The first-order valence-corrected chi connectivity index (χ1v) is 9.20. The minimum atomic E-state index is -0.494. The lowest BCUT2D eigenvalue weighted by Gasteiger charge is -2.38. The molecule has 0 saturated heterocycles. The van der Waals surface area contributed by atoms with Crippen LogP contribution in [0.4, 0.5) is 5.69 Å². The van der Waals surface area contributed by atoms with Crippen molar-refractivity contribution in [1.29, 1.82) is 0 Å². The summed E-state index contributed by atoms with van der Waals surface area (Å²) >= 11 is 1.79. The first-order chi connectivity index (χ1) is 12.0. The lowest BCUT2D eigenvalue weighted by Crippen LogP contribution is -2.44. The summed E-state index contributed by atoms with van der Waals surface area (Å²) < 4.78 is 0. The predicted molar refractivity (Wildman–Crippen MR) is 105 cm³/mol. The Morgan fingerprint density at radius 3 is 2.88 bits per heavy atom. The number of thiophene rings is 1. The average Bonchev–Trinajstić information content (AvgIpc) is 3.06. The Bertz CT molecular complexity index is 795. The minimum absolute atomic E-state index is 0. The Hall–Kier alpha value is -1.96. The molecule has 0 saturated carbocycles. The summed E-state index contributed by atoms with van der Waals surface area (Å²) in [6.07, 6.45) is 1.03. The largest absolute Gasteiger partial charge is 0.351 e. The van der Waals surface area contributed by atoms with Gasteiger partial charge in [-0.1, -0.05) is 6.07 Å². The van der Waals surface area contributed by atoms with Crippen LogP contribution in [0.1, 0.15) is 40.7 Å². The highest BCUT2D eigenvalue weighted by molar-refractivity contribution is 7.10. The van der Waals surface area contributed by atoms with Gasteiger partial charge in [-0.25, -0.2) is 0 Å². The second-order valence-corrected chi connectivity index (χ2v) is 7.29. The molecule has 0 radical (unpaired) electrons. The zero-order valence-electron chi connectivity index (χ0n) is 14.7. The molecule has 3 rings (SSSR count). The van der Waals surface area contributed by atoms with E-state index in [-0.39, 0.29) is 24.0 Å². The van der Waals surface area contributed by atoms with Gasteiger partial charge in [-0.2, -0.15) is 0 Å². The van der Waals surface area contributed by atoms with Crippen LogP contribution in [0, 0.1) is 10.1 Å². The molecule has 8 heteroatoms. The molecule has 2 heterocycles. The number of hydrogen-bond acceptors (Lipinski definition) is 5. The molecule has 6 nitrogen and oxygen atoms in total. The molecule has 0 bridgehead atoms. The fraction of sp³-hybridized carbons (Fsp3) is 0.389. The number of nitro benzene ring substituents is 1. The smallest absolute Gasteiger partial charge is 0.270 e. The zero-order valence-corrected chi connectivity index (χ0v) is 16.3. The Morgan fingerprint density at radius 1 is 1.38 bits per heavy atom. The van der Waals surface area contributed by atoms with Crippen LogP contribution in [0.5, 0.6) is 0 Å². The molecule has 140 valence electrons. The fourth-order valence-corrected chi connectivity index (χ4v) is 4.44. The maximum Gasteiger partial charge on any atom is 0.270 e. The fourth-order valence-electron chi connectivity index (χ4n) is 3.43. The Labute approximate surface area is 162 Å². The molecule has 26 heavy (non-hydrogen) atoms. The highest BCUT2D eigenvalue weighted by Gasteiger charge is 2.29. The summed E-state index contributed by atoms with van der Waals surface area (Å²) in [5, 5.41) is 15.8. The topological polar surface area (TPSA) is 75.5 Å². The van der Waals surface area contributed by atoms with Crippen LogP contribution in [0.15, 0.2) is 35.7 Å². The van der Waals surface area contributed by atoms with Gasteiger partial charge in [-0.05, 0) is 43.3 Å². The lowest BCUT2D eigenvalue weighted by molar-refractivity contribution is -0.384. The first kappa shape index (κ1) is 20.4. The maximum atomic E-state index is 12.2. The Balaban J connectivity index is 0.00000243. The summed E-state index contributed by atoms with van der Waals surface area (Å²) in [6.45, 7) is 5.67. The second kappa shape index (κ2) is 8.62. The number of nitrogens with zero attached hydrogens (tertiary/aromatic N) is 2. The van der Waals surface area contributed by atoms with E-state index in [0.717, 1.165) is 13.0 Å². The third-order valence-electron chi connectivity index (χ3n) is 4.71. The van der Waals surface area contributed by atoms with Crippen LogP contribution in [0.2, 0.25) is 0 Å². The molecule has 1 aliphatic heterocycles. The van der Waals surface area contributed by atoms with Crippen LogP contribution < -0.4 is 5.32 Å². The zero-order chi connectivity index (χ0) is 18.0. The highest BCUT2D eigenvalue weighted by Crippen LogP contribution is 2.35. The summed E-state index contributed by atoms with van der Waals surface area (Å²) in [5.74, 6) is -0.280. The van der Waals surface area contributed by atoms with E-state index in [1.165, 1.54) is 28.6 Å². The standard InChI is InChI=1S/C18H21N3O3S.ClH/c1-12-10-14-6-9-25-17(14)13(2)20(12)8-7-19-18(22)15-4-3-5-16(11-15)21(23)24;/h3-6,9,11-13H,7-8,10H2,1-2H3,(H,19,22);1H. The van der Waals surface area contributed by atoms with Gasteiger partial charge in [0.2, 0.25) is 0 Å². The van der Waals surface area contributed by atoms with Crippen molar-refractivity contribution < 1.29 is 9.72 Å². The van der Waals surface area contributed by atoms with Crippen molar-refractivity contribution in [3.05, 3.63) is 61.8 Å². The summed E-state index contributed by atoms with van der Waals surface area (Å²) in [5.41, 5.74) is 1.67. The van der Waals surface area contributed by atoms with E-state index < -0.39 is 4.92 Å². The van der Waals surface area contributed by atoms with Gasteiger partial charge in [-0.3, -0.25) is 19.8 Å². The van der Waals surface area contributed by atoms with Crippen LogP contribution in [-0.2, 0) is 6.42 Å². The van der Waals surface area contributed by atoms with Gasteiger partial charge in [0.1, 0.15) is 0 Å². The minimum Gasteiger partial charge on any atom is -0.351 e. The SMILES string of the molecule is CC1Cc2ccsc2C(C)N1CCNC(=O)c1cccc([N+](=O)[O-])c1.Cl. The molecule has 0 fully saturated rings. The number of non-ortho nitro benzene ring substituents is 1. The average molecular weight is 396 g/mol. The van der Waals surface area contributed by atoms with Crippen molar-refractivity contribution in [1.82, 2.24) is 10.2 Å². The normalized spacial score (nSPS) is 19.3. The summed E-state index contributed by atoms with van der Waals surface area (Å²) in [7, 11) is 0. The molecule has 1 aromatic carbocycles. The third kappa shape index (κ3) is 4.23. The van der Waals surface area contributed by atoms with Crippen molar-refractivity contribution in [2.24, 2.45) is 0 Å². The monoisotopic (exact) mass is 395 g/mol. The third-order valence-corrected chi connectivity index (χ3v) is 5.84. The number of hydrogen-bond donors (Lipinski definition) is 1. The van der Waals surface area contributed by atoms with Gasteiger partial charge < -0.3 is 5.32 Å². The molecule has 1 N–H and O–H groups in total. The molecule has 2 aromatic rings. The van der Waals surface area contributed by atoms with Gasteiger partial charge in [0.25, 0.3) is 11.6 Å². The van der Waals surface area contributed by atoms with Gasteiger partial charge in [0, 0.05) is 47.7 Å². The lowest BCUT2D eigenvalue weighted by atomic mass is 9.97. The van der Waals surface area contributed by atoms with Gasteiger partial charge in [-0.15, -0.1) is 23.7 Å². The van der Waals surface area contributed by atoms with Crippen molar-refractivity contribution in [3.8, 4) is 0 Å². The van der Waals surface area contributed by atoms with E-state index >= 15 is 0 Å². The van der Waals surface area contributed by atoms with Crippen molar-refractivity contribution >= 4 is 35.3 Å². The molecule has 0 spiro atoms. The molecule has 1 amide bonds. The quantitative estimate of drug-likeness (QED) is 0.616. The van der Waals surface area contributed by atoms with E-state index in [1.807, 2.05) is 0 Å². The van der Waals surface area contributed by atoms with E-state index in [4.69, 9.17) is 0 Å². The van der Waals surface area contributed by atoms with E-state index in [1.54, 1.807) is 17.4 Å². The number of carbonyl (C=O) groups is 1. The van der Waals surface area contributed by atoms with E-state index in [0.29, 0.717) is 24.2 Å². The number of carbonyl (C=O) groups excluding carboxylic acids is 1. The Kier molecular flexibility index (Phi) is 6.75. The number of benzene rings is 1. The second-order valence-electron chi connectivity index (χ2n) is 6.34. The van der Waals surface area contributed by atoms with Crippen molar-refractivity contribution in [3.63, 3.8) is 0 Å². The Morgan fingerprint density at radius 2 is 2.15 bits per heavy atom. The molecule has 1 aliphatic rings. The molecular formula is C18H22ClN3O3S. The molecule has 0 aliphatic carbocycles. The van der Waals surface area contributed by atoms with Crippen molar-refractivity contribution in [2.45, 2.75) is 32.4 Å². The van der Waals surface area contributed by atoms with Gasteiger partial charge in [0.05, 0.1) is 4.92 Å². The summed E-state index contributed by atoms with van der Waals surface area (Å²) in [6, 6.07) is 8.77. The van der Waals surface area contributed by atoms with E-state index in [2.05, 4.69) is 35.5 Å². The van der Waals surface area contributed by atoms with Crippen LogP contribution in [0.3, 0.4) is 0 Å². The first-order valence-electron chi connectivity index (χ1n) is 8.32. The van der Waals surface area contributed by atoms with Crippen LogP contribution in [0.25, 0.3) is 0 Å². The number of halogens is 1. The number of nitrogens with one attached hydrogen (secondary N) is 1. The van der Waals surface area contributed by atoms with Gasteiger partial charge in [0.15, 0.2) is 0 Å². The molecular weight excluding hydrogens is 374 g/mol. The number of nitro groups is 1. The predicted octanol–water partition coefficient (Wildman–Crippen LogP) is 3.82. The number of amides is 1. The van der Waals surface area contributed by atoms with E-state index in [9.17, 15) is 14.9 Å². The van der Waals surface area contributed by atoms with Crippen LogP contribution in [-0.4, -0.2) is 34.9 Å².